The molecule has 2 N–H and O–H groups in total. The van der Waals surface area contributed by atoms with Gasteiger partial charge in [0.2, 0.25) is 5.91 Å². The van der Waals surface area contributed by atoms with Crippen molar-refractivity contribution in [3.05, 3.63) is 18.0 Å². The Balaban J connectivity index is 2.82. The van der Waals surface area contributed by atoms with Gasteiger partial charge in [0.05, 0.1) is 18.7 Å². The zero-order valence-corrected chi connectivity index (χ0v) is 9.30. The van der Waals surface area contributed by atoms with Gasteiger partial charge in [-0.3, -0.25) is 14.3 Å². The van der Waals surface area contributed by atoms with E-state index in [1.54, 1.807) is 17.1 Å². The van der Waals surface area contributed by atoms with Gasteiger partial charge >= 0.3 is 5.97 Å². The van der Waals surface area contributed by atoms with Crippen LogP contribution >= 0.6 is 0 Å². The number of hydrogen-bond acceptors (Lipinski definition) is 3. The van der Waals surface area contributed by atoms with Gasteiger partial charge in [-0.25, -0.2) is 0 Å². The molecule has 0 saturated heterocycles. The van der Waals surface area contributed by atoms with Crippen LogP contribution in [0.2, 0.25) is 0 Å². The summed E-state index contributed by atoms with van der Waals surface area (Å²) in [5, 5.41) is 15.4. The maximum atomic E-state index is 11.0. The molecule has 1 amide bonds. The highest BCUT2D eigenvalue weighted by Gasteiger charge is 2.17. The highest BCUT2D eigenvalue weighted by molar-refractivity contribution is 5.75. The average molecular weight is 225 g/mol. The minimum atomic E-state index is -0.956. The van der Waals surface area contributed by atoms with E-state index >= 15 is 0 Å². The largest absolute Gasteiger partial charge is 0.481 e. The van der Waals surface area contributed by atoms with E-state index in [0.717, 1.165) is 0 Å². The predicted molar refractivity (Wildman–Crippen MR) is 56.7 cm³/mol. The van der Waals surface area contributed by atoms with Gasteiger partial charge in [0.15, 0.2) is 0 Å². The van der Waals surface area contributed by atoms with Crippen LogP contribution in [0.1, 0.15) is 31.9 Å². The highest BCUT2D eigenvalue weighted by Crippen LogP contribution is 2.15. The van der Waals surface area contributed by atoms with E-state index in [-0.39, 0.29) is 12.3 Å². The molecule has 0 radical (unpaired) electrons. The first kappa shape index (κ1) is 12.2. The van der Waals surface area contributed by atoms with Gasteiger partial charge in [-0.15, -0.1) is 0 Å². The Bertz CT molecular complexity index is 370. The molecule has 1 rings (SSSR count). The summed E-state index contributed by atoms with van der Waals surface area (Å²) in [5.74, 6) is -1.21. The number of aliphatic carboxylic acids is 1. The lowest BCUT2D eigenvalue weighted by molar-refractivity contribution is -0.137. The Kier molecular flexibility index (Phi) is 4.04. The molecule has 0 aromatic carbocycles. The van der Waals surface area contributed by atoms with Crippen molar-refractivity contribution in [3.63, 3.8) is 0 Å². The first-order valence-electron chi connectivity index (χ1n) is 5.04. The van der Waals surface area contributed by atoms with E-state index in [1.165, 1.54) is 6.92 Å². The van der Waals surface area contributed by atoms with Crippen molar-refractivity contribution in [1.82, 2.24) is 15.1 Å². The molecule has 6 heteroatoms. The summed E-state index contributed by atoms with van der Waals surface area (Å²) in [5.41, 5.74) is 0.708. The van der Waals surface area contributed by atoms with Crippen molar-refractivity contribution < 1.29 is 14.7 Å². The second kappa shape index (κ2) is 5.29. The number of carboxylic acids is 1. The van der Waals surface area contributed by atoms with Crippen molar-refractivity contribution in [2.75, 3.05) is 0 Å². The molecule has 1 unspecified atom stereocenters. The number of carbonyl (C=O) groups is 2. The van der Waals surface area contributed by atoms with E-state index in [9.17, 15) is 9.59 Å². The van der Waals surface area contributed by atoms with Crippen molar-refractivity contribution >= 4 is 11.9 Å². The maximum absolute atomic E-state index is 11.0. The zero-order chi connectivity index (χ0) is 12.1. The molecule has 16 heavy (non-hydrogen) atoms. The van der Waals surface area contributed by atoms with Crippen LogP contribution in [0.15, 0.2) is 12.4 Å². The molecule has 0 spiro atoms. The van der Waals surface area contributed by atoms with E-state index in [1.807, 2.05) is 6.92 Å². The van der Waals surface area contributed by atoms with Crippen LogP contribution in [-0.2, 0) is 16.1 Å². The molecule has 0 fully saturated rings. The van der Waals surface area contributed by atoms with E-state index in [4.69, 9.17) is 5.11 Å². The maximum Gasteiger partial charge on any atom is 0.305 e. The minimum Gasteiger partial charge on any atom is -0.481 e. The second-order valence-electron chi connectivity index (χ2n) is 3.48. The van der Waals surface area contributed by atoms with Crippen LogP contribution in [0.5, 0.6) is 0 Å². The van der Waals surface area contributed by atoms with Crippen LogP contribution in [0.4, 0.5) is 0 Å². The third kappa shape index (κ3) is 3.38. The third-order valence-corrected chi connectivity index (χ3v) is 2.14. The molecular formula is C10H15N3O3. The molecule has 1 atom stereocenters. The fraction of sp³-hybridized carbons (Fsp3) is 0.500. The fourth-order valence-corrected chi connectivity index (χ4v) is 1.40. The smallest absolute Gasteiger partial charge is 0.305 e. The van der Waals surface area contributed by atoms with Gasteiger partial charge in [0.25, 0.3) is 0 Å². The van der Waals surface area contributed by atoms with Crippen LogP contribution < -0.4 is 5.32 Å². The second-order valence-corrected chi connectivity index (χ2v) is 3.48. The predicted octanol–water partition coefficient (Wildman–Crippen LogP) is 0.555. The van der Waals surface area contributed by atoms with Gasteiger partial charge in [-0.1, -0.05) is 0 Å². The van der Waals surface area contributed by atoms with E-state index in [2.05, 4.69) is 10.4 Å². The summed E-state index contributed by atoms with van der Waals surface area (Å²) in [7, 11) is 0. The molecule has 0 bridgehead atoms. The summed E-state index contributed by atoms with van der Waals surface area (Å²) >= 11 is 0. The third-order valence-electron chi connectivity index (χ3n) is 2.14. The number of nitrogens with one attached hydrogen (secondary N) is 1. The van der Waals surface area contributed by atoms with Gasteiger partial charge in [-0.2, -0.15) is 5.10 Å². The lowest BCUT2D eigenvalue weighted by Crippen LogP contribution is -2.27. The van der Waals surface area contributed by atoms with Crippen molar-refractivity contribution in [3.8, 4) is 0 Å². The molecule has 6 nitrogen and oxygen atoms in total. The summed E-state index contributed by atoms with van der Waals surface area (Å²) < 4.78 is 1.69. The molecule has 88 valence electrons. The van der Waals surface area contributed by atoms with Gasteiger partial charge in [0.1, 0.15) is 0 Å². The Hall–Kier alpha value is -1.85. The molecular weight excluding hydrogens is 210 g/mol. The van der Waals surface area contributed by atoms with Crippen molar-refractivity contribution in [2.45, 2.75) is 32.9 Å². The van der Waals surface area contributed by atoms with Gasteiger partial charge < -0.3 is 10.4 Å². The van der Waals surface area contributed by atoms with E-state index in [0.29, 0.717) is 12.1 Å². The zero-order valence-electron chi connectivity index (χ0n) is 9.30. The summed E-state index contributed by atoms with van der Waals surface area (Å²) in [6, 6.07) is -0.518. The first-order chi connectivity index (χ1) is 7.52. The normalized spacial score (nSPS) is 12.1. The first-order valence-corrected chi connectivity index (χ1v) is 5.04. The summed E-state index contributed by atoms with van der Waals surface area (Å²) in [6.07, 6.45) is 3.17. The van der Waals surface area contributed by atoms with Crippen LogP contribution in [0, 0.1) is 0 Å². The Morgan fingerprint density at radius 1 is 1.62 bits per heavy atom. The lowest BCUT2D eigenvalue weighted by atomic mass is 10.1. The Labute approximate surface area is 93.3 Å². The SMILES string of the molecule is CCn1cc(C(CC(=O)O)NC(C)=O)cn1. The number of carboxylic acid groups (broad SMARTS) is 1. The molecule has 0 aliphatic carbocycles. The number of hydrogen-bond donors (Lipinski definition) is 2. The molecule has 1 aromatic rings. The van der Waals surface area contributed by atoms with Gasteiger partial charge in [0, 0.05) is 25.2 Å². The molecule has 0 aliphatic heterocycles. The topological polar surface area (TPSA) is 84.2 Å². The molecule has 1 heterocycles. The monoisotopic (exact) mass is 225 g/mol. The van der Waals surface area contributed by atoms with E-state index < -0.39 is 12.0 Å². The minimum absolute atomic E-state index is 0.144. The number of nitrogens with zero attached hydrogens (tertiary/aromatic N) is 2. The Morgan fingerprint density at radius 3 is 2.75 bits per heavy atom. The molecule has 0 aliphatic rings. The summed E-state index contributed by atoms with van der Waals surface area (Å²) in [6.45, 7) is 4.00. The highest BCUT2D eigenvalue weighted by atomic mass is 16.4. The standard InChI is InChI=1S/C10H15N3O3/c1-3-13-6-8(5-11-13)9(4-10(15)16)12-7(2)14/h5-6,9H,3-4H2,1-2H3,(H,12,14)(H,15,16). The molecule has 1 aromatic heterocycles. The van der Waals surface area contributed by atoms with Crippen LogP contribution in [-0.4, -0.2) is 26.8 Å². The van der Waals surface area contributed by atoms with Gasteiger partial charge in [-0.05, 0) is 6.92 Å². The molecule has 0 saturated carbocycles. The fourth-order valence-electron chi connectivity index (χ4n) is 1.40. The number of carbonyl (C=O) groups excluding carboxylic acids is 1. The summed E-state index contributed by atoms with van der Waals surface area (Å²) in [4.78, 5) is 21.6. The van der Waals surface area contributed by atoms with Crippen molar-refractivity contribution in [2.24, 2.45) is 0 Å². The van der Waals surface area contributed by atoms with Crippen LogP contribution in [0.25, 0.3) is 0 Å². The lowest BCUT2D eigenvalue weighted by Gasteiger charge is -2.13. The number of amides is 1. The van der Waals surface area contributed by atoms with Crippen molar-refractivity contribution in [1.29, 1.82) is 0 Å². The van der Waals surface area contributed by atoms with Crippen LogP contribution in [0.3, 0.4) is 0 Å². The number of aryl methyl sites for hydroxylation is 1. The average Bonchev–Trinajstić information content (AvgIpc) is 2.63. The Morgan fingerprint density at radius 2 is 2.31 bits per heavy atom. The number of rotatable bonds is 5. The number of aromatic nitrogens is 2. The quantitative estimate of drug-likeness (QED) is 0.766.